The highest BCUT2D eigenvalue weighted by molar-refractivity contribution is 5.95. The van der Waals surface area contributed by atoms with Crippen LogP contribution in [-0.4, -0.2) is 11.9 Å². The van der Waals surface area contributed by atoms with Crippen LogP contribution in [0.1, 0.15) is 29.6 Å². The fourth-order valence-electron chi connectivity index (χ4n) is 2.22. The van der Waals surface area contributed by atoms with Gasteiger partial charge in [0.15, 0.2) is 0 Å². The summed E-state index contributed by atoms with van der Waals surface area (Å²) in [5.41, 5.74) is 6.75. The predicted molar refractivity (Wildman–Crippen MR) is 65.1 cm³/mol. The highest BCUT2D eigenvalue weighted by Gasteiger charge is 2.28. The van der Waals surface area contributed by atoms with Crippen molar-refractivity contribution in [1.29, 1.82) is 5.26 Å². The normalized spacial score (nSPS) is 23.0. The Morgan fingerprint density at radius 2 is 2.29 bits per heavy atom. The van der Waals surface area contributed by atoms with Crippen molar-refractivity contribution >= 4 is 11.6 Å². The van der Waals surface area contributed by atoms with Crippen LogP contribution in [0.25, 0.3) is 0 Å². The molecular formula is C13H15N3O. The quantitative estimate of drug-likeness (QED) is 0.757. The van der Waals surface area contributed by atoms with Crippen molar-refractivity contribution in [3.8, 4) is 6.07 Å². The van der Waals surface area contributed by atoms with E-state index in [4.69, 9.17) is 11.0 Å². The van der Waals surface area contributed by atoms with Crippen LogP contribution >= 0.6 is 0 Å². The SMILES string of the molecule is N#CC1CCCC1NC(=O)c1cccc(N)c1. The minimum atomic E-state index is -0.149. The van der Waals surface area contributed by atoms with E-state index in [0.717, 1.165) is 19.3 Å². The molecule has 4 heteroatoms. The zero-order valence-corrected chi connectivity index (χ0v) is 9.52. The molecule has 17 heavy (non-hydrogen) atoms. The second-order valence-electron chi connectivity index (χ2n) is 4.37. The summed E-state index contributed by atoms with van der Waals surface area (Å²) in [6.07, 6.45) is 2.75. The predicted octanol–water partition coefficient (Wildman–Crippen LogP) is 1.69. The second kappa shape index (κ2) is 4.88. The molecule has 0 spiro atoms. The maximum atomic E-state index is 11.9. The van der Waals surface area contributed by atoms with Gasteiger partial charge in [-0.1, -0.05) is 6.07 Å². The van der Waals surface area contributed by atoms with Gasteiger partial charge in [0.05, 0.1) is 12.0 Å². The number of carbonyl (C=O) groups is 1. The zero-order valence-electron chi connectivity index (χ0n) is 9.52. The third kappa shape index (κ3) is 2.56. The molecule has 1 aromatic rings. The van der Waals surface area contributed by atoms with Crippen LogP contribution in [0.2, 0.25) is 0 Å². The van der Waals surface area contributed by atoms with Crippen molar-refractivity contribution in [2.45, 2.75) is 25.3 Å². The molecule has 4 nitrogen and oxygen atoms in total. The molecule has 1 aliphatic rings. The first-order valence-corrected chi connectivity index (χ1v) is 5.76. The van der Waals surface area contributed by atoms with Gasteiger partial charge >= 0.3 is 0 Å². The minimum absolute atomic E-state index is 0.0195. The summed E-state index contributed by atoms with van der Waals surface area (Å²) in [6, 6.07) is 9.08. The van der Waals surface area contributed by atoms with E-state index in [2.05, 4.69) is 11.4 Å². The highest BCUT2D eigenvalue weighted by atomic mass is 16.1. The van der Waals surface area contributed by atoms with Crippen molar-refractivity contribution in [2.24, 2.45) is 5.92 Å². The number of nitrogens with one attached hydrogen (secondary N) is 1. The van der Waals surface area contributed by atoms with Crippen molar-refractivity contribution in [2.75, 3.05) is 5.73 Å². The number of hydrogen-bond acceptors (Lipinski definition) is 3. The number of rotatable bonds is 2. The molecule has 1 saturated carbocycles. The molecule has 2 rings (SSSR count). The summed E-state index contributed by atoms with van der Waals surface area (Å²) >= 11 is 0. The number of benzene rings is 1. The summed E-state index contributed by atoms with van der Waals surface area (Å²) in [5.74, 6) is -0.204. The van der Waals surface area contributed by atoms with E-state index >= 15 is 0 Å². The minimum Gasteiger partial charge on any atom is -0.399 e. The summed E-state index contributed by atoms with van der Waals surface area (Å²) in [4.78, 5) is 11.9. The van der Waals surface area contributed by atoms with E-state index in [1.807, 2.05) is 0 Å². The lowest BCUT2D eigenvalue weighted by Gasteiger charge is -2.15. The average molecular weight is 229 g/mol. The number of amides is 1. The van der Waals surface area contributed by atoms with Gasteiger partial charge in [-0.2, -0.15) is 5.26 Å². The Morgan fingerprint density at radius 1 is 1.47 bits per heavy atom. The van der Waals surface area contributed by atoms with Gasteiger partial charge in [0.2, 0.25) is 0 Å². The zero-order chi connectivity index (χ0) is 12.3. The number of carbonyl (C=O) groups excluding carboxylic acids is 1. The average Bonchev–Trinajstić information content (AvgIpc) is 2.76. The molecule has 1 fully saturated rings. The summed E-state index contributed by atoms with van der Waals surface area (Å²) in [6.45, 7) is 0. The van der Waals surface area contributed by atoms with Crippen LogP contribution in [-0.2, 0) is 0 Å². The lowest BCUT2D eigenvalue weighted by Crippen LogP contribution is -2.36. The lowest BCUT2D eigenvalue weighted by molar-refractivity contribution is 0.0933. The first-order chi connectivity index (χ1) is 8.20. The molecule has 0 heterocycles. The molecule has 0 aromatic heterocycles. The molecule has 0 radical (unpaired) electrons. The Balaban J connectivity index is 2.05. The number of nitriles is 1. The van der Waals surface area contributed by atoms with Gasteiger partial charge in [-0.3, -0.25) is 4.79 Å². The standard InChI is InChI=1S/C13H15N3O/c14-8-10-4-2-6-12(10)16-13(17)9-3-1-5-11(15)7-9/h1,3,5,7,10,12H,2,4,6,15H2,(H,16,17). The van der Waals surface area contributed by atoms with Crippen LogP contribution in [0.15, 0.2) is 24.3 Å². The Morgan fingerprint density at radius 3 is 3.00 bits per heavy atom. The van der Waals surface area contributed by atoms with Crippen LogP contribution in [0.4, 0.5) is 5.69 Å². The molecule has 0 saturated heterocycles. The van der Waals surface area contributed by atoms with Gasteiger partial charge in [0.25, 0.3) is 5.91 Å². The molecule has 88 valence electrons. The van der Waals surface area contributed by atoms with E-state index in [9.17, 15) is 4.79 Å². The molecule has 1 amide bonds. The molecule has 1 aromatic carbocycles. The van der Waals surface area contributed by atoms with Crippen LogP contribution in [0.3, 0.4) is 0 Å². The molecule has 1 aliphatic carbocycles. The van der Waals surface area contributed by atoms with Crippen LogP contribution < -0.4 is 11.1 Å². The number of anilines is 1. The maximum Gasteiger partial charge on any atom is 0.251 e. The molecule has 0 aliphatic heterocycles. The fourth-order valence-corrected chi connectivity index (χ4v) is 2.22. The first kappa shape index (κ1) is 11.5. The third-order valence-corrected chi connectivity index (χ3v) is 3.15. The monoisotopic (exact) mass is 229 g/mol. The molecular weight excluding hydrogens is 214 g/mol. The summed E-state index contributed by atoms with van der Waals surface area (Å²) in [5, 5.41) is 11.8. The number of hydrogen-bond donors (Lipinski definition) is 2. The number of nitrogens with zero attached hydrogens (tertiary/aromatic N) is 1. The van der Waals surface area contributed by atoms with Crippen LogP contribution in [0.5, 0.6) is 0 Å². The van der Waals surface area contributed by atoms with Crippen molar-refractivity contribution in [1.82, 2.24) is 5.32 Å². The lowest BCUT2D eigenvalue weighted by atomic mass is 10.1. The topological polar surface area (TPSA) is 78.9 Å². The van der Waals surface area contributed by atoms with Crippen molar-refractivity contribution < 1.29 is 4.79 Å². The van der Waals surface area contributed by atoms with E-state index in [1.54, 1.807) is 24.3 Å². The van der Waals surface area contributed by atoms with Gasteiger partial charge < -0.3 is 11.1 Å². The molecule has 2 atom stereocenters. The summed E-state index contributed by atoms with van der Waals surface area (Å²) in [7, 11) is 0. The smallest absolute Gasteiger partial charge is 0.251 e. The highest BCUT2D eigenvalue weighted by Crippen LogP contribution is 2.25. The number of nitrogens with two attached hydrogens (primary N) is 1. The summed E-state index contributed by atoms with van der Waals surface area (Å²) < 4.78 is 0. The van der Waals surface area contributed by atoms with Gasteiger partial charge in [0, 0.05) is 17.3 Å². The molecule has 2 unspecified atom stereocenters. The van der Waals surface area contributed by atoms with Gasteiger partial charge in [-0.25, -0.2) is 0 Å². The Labute approximate surface area is 100 Å². The third-order valence-electron chi connectivity index (χ3n) is 3.15. The second-order valence-corrected chi connectivity index (χ2v) is 4.37. The van der Waals surface area contributed by atoms with Gasteiger partial charge in [-0.05, 0) is 37.5 Å². The van der Waals surface area contributed by atoms with Gasteiger partial charge in [0.1, 0.15) is 0 Å². The van der Waals surface area contributed by atoms with Crippen molar-refractivity contribution in [3.05, 3.63) is 29.8 Å². The largest absolute Gasteiger partial charge is 0.399 e. The van der Waals surface area contributed by atoms with Crippen molar-refractivity contribution in [3.63, 3.8) is 0 Å². The Bertz CT molecular complexity index is 464. The number of nitrogen functional groups attached to an aromatic ring is 1. The van der Waals surface area contributed by atoms with Gasteiger partial charge in [-0.15, -0.1) is 0 Å². The maximum absolute atomic E-state index is 11.9. The first-order valence-electron chi connectivity index (χ1n) is 5.76. The van der Waals surface area contributed by atoms with E-state index in [0.29, 0.717) is 11.3 Å². The Hall–Kier alpha value is -2.02. The Kier molecular flexibility index (Phi) is 3.29. The van der Waals surface area contributed by atoms with E-state index in [1.165, 1.54) is 0 Å². The van der Waals surface area contributed by atoms with Crippen LogP contribution in [0, 0.1) is 17.2 Å². The molecule has 3 N–H and O–H groups in total. The molecule has 0 bridgehead atoms. The fraction of sp³-hybridized carbons (Fsp3) is 0.385. The van der Waals surface area contributed by atoms with E-state index in [-0.39, 0.29) is 17.9 Å². The van der Waals surface area contributed by atoms with E-state index < -0.39 is 0 Å².